The monoisotopic (exact) mass is 244 g/mol. The van der Waals surface area contributed by atoms with Crippen molar-refractivity contribution in [1.29, 1.82) is 0 Å². The first-order chi connectivity index (χ1) is 7.93. The van der Waals surface area contributed by atoms with Gasteiger partial charge >= 0.3 is 0 Å². The second-order valence-corrected chi connectivity index (χ2v) is 6.20. The Morgan fingerprint density at radius 1 is 0.647 bits per heavy atom. The van der Waals surface area contributed by atoms with Crippen LogP contribution in [-0.2, 0) is 0 Å². The van der Waals surface area contributed by atoms with E-state index in [1.54, 1.807) is 0 Å². The summed E-state index contributed by atoms with van der Waals surface area (Å²) in [5.41, 5.74) is 8.64. The Balaban J connectivity index is 2.78. The van der Waals surface area contributed by atoms with Gasteiger partial charge in [-0.1, -0.05) is 0 Å². The maximum Gasteiger partial charge on any atom is 0.0351 e. The van der Waals surface area contributed by atoms with Crippen LogP contribution in [0.4, 0.5) is 0 Å². The molecule has 2 aromatic rings. The minimum Gasteiger partial charge on any atom is -0.141 e. The summed E-state index contributed by atoms with van der Waals surface area (Å²) < 4.78 is 0. The van der Waals surface area contributed by atoms with Gasteiger partial charge in [0.25, 0.3) is 0 Å². The second kappa shape index (κ2) is 4.30. The molecule has 0 spiro atoms. The number of rotatable bonds is 1. The van der Waals surface area contributed by atoms with E-state index in [9.17, 15) is 0 Å². The third-order valence-electron chi connectivity index (χ3n) is 3.99. The van der Waals surface area contributed by atoms with E-state index in [-0.39, 0.29) is 0 Å². The van der Waals surface area contributed by atoms with Crippen LogP contribution in [-0.4, -0.2) is 0 Å². The summed E-state index contributed by atoms with van der Waals surface area (Å²) in [6.45, 7) is 13.4. The predicted octanol–water partition coefficient (Wildman–Crippen LogP) is 5.27. The molecule has 1 aromatic carbocycles. The van der Waals surface area contributed by atoms with E-state index in [4.69, 9.17) is 0 Å². The van der Waals surface area contributed by atoms with Gasteiger partial charge in [0, 0.05) is 9.75 Å². The summed E-state index contributed by atoms with van der Waals surface area (Å²) in [4.78, 5) is 2.79. The van der Waals surface area contributed by atoms with Crippen molar-refractivity contribution >= 4 is 11.3 Å². The first kappa shape index (κ1) is 12.4. The third-order valence-corrected chi connectivity index (χ3v) is 5.00. The molecule has 0 aliphatic carbocycles. The molecule has 0 fully saturated rings. The first-order valence-corrected chi connectivity index (χ1v) is 6.89. The van der Waals surface area contributed by atoms with Gasteiger partial charge in [0.05, 0.1) is 0 Å². The first-order valence-electron chi connectivity index (χ1n) is 6.07. The zero-order valence-electron chi connectivity index (χ0n) is 11.6. The SMILES string of the molecule is Cc1ccc(-c2c(C)c(C)c(C)c(C)c2C)s1. The molecule has 0 unspecified atom stereocenters. The highest BCUT2D eigenvalue weighted by molar-refractivity contribution is 7.15. The molecule has 1 heterocycles. The van der Waals surface area contributed by atoms with Crippen molar-refractivity contribution in [3.8, 4) is 10.4 Å². The van der Waals surface area contributed by atoms with Crippen molar-refractivity contribution < 1.29 is 0 Å². The van der Waals surface area contributed by atoms with Crippen molar-refractivity contribution in [1.82, 2.24) is 0 Å². The van der Waals surface area contributed by atoms with E-state index in [1.165, 1.54) is 43.1 Å². The average Bonchev–Trinajstić information content (AvgIpc) is 2.71. The summed E-state index contributed by atoms with van der Waals surface area (Å²) >= 11 is 1.89. The molecule has 2 rings (SSSR count). The minimum atomic E-state index is 1.38. The van der Waals surface area contributed by atoms with Crippen molar-refractivity contribution in [2.24, 2.45) is 0 Å². The van der Waals surface area contributed by atoms with Gasteiger partial charge in [0.15, 0.2) is 0 Å². The van der Waals surface area contributed by atoms with Gasteiger partial charge < -0.3 is 0 Å². The van der Waals surface area contributed by atoms with Gasteiger partial charge in [-0.25, -0.2) is 0 Å². The molecule has 1 aromatic heterocycles. The fourth-order valence-corrected chi connectivity index (χ4v) is 3.47. The van der Waals surface area contributed by atoms with Crippen molar-refractivity contribution in [2.75, 3.05) is 0 Å². The van der Waals surface area contributed by atoms with Crippen LogP contribution in [0.5, 0.6) is 0 Å². The lowest BCUT2D eigenvalue weighted by atomic mass is 9.89. The molecule has 0 atom stereocenters. The predicted molar refractivity (Wildman–Crippen MR) is 78.2 cm³/mol. The van der Waals surface area contributed by atoms with E-state index in [0.717, 1.165) is 0 Å². The van der Waals surface area contributed by atoms with Gasteiger partial charge in [0.1, 0.15) is 0 Å². The fraction of sp³-hybridized carbons (Fsp3) is 0.375. The lowest BCUT2D eigenvalue weighted by molar-refractivity contribution is 1.18. The van der Waals surface area contributed by atoms with Crippen LogP contribution < -0.4 is 0 Å². The van der Waals surface area contributed by atoms with Crippen molar-refractivity contribution in [2.45, 2.75) is 41.5 Å². The number of hydrogen-bond acceptors (Lipinski definition) is 1. The molecule has 0 amide bonds. The lowest BCUT2D eigenvalue weighted by Gasteiger charge is -2.17. The van der Waals surface area contributed by atoms with E-state index in [0.29, 0.717) is 0 Å². The lowest BCUT2D eigenvalue weighted by Crippen LogP contribution is -1.98. The number of aryl methyl sites for hydroxylation is 1. The van der Waals surface area contributed by atoms with Crippen LogP contribution in [0.1, 0.15) is 32.7 Å². The molecule has 17 heavy (non-hydrogen) atoms. The highest BCUT2D eigenvalue weighted by atomic mass is 32.1. The molecule has 0 aliphatic rings. The minimum absolute atomic E-state index is 1.38. The Morgan fingerprint density at radius 2 is 1.12 bits per heavy atom. The Bertz CT molecular complexity index is 544. The molecular weight excluding hydrogens is 224 g/mol. The Labute approximate surface area is 108 Å². The van der Waals surface area contributed by atoms with Crippen LogP contribution >= 0.6 is 11.3 Å². The molecule has 0 radical (unpaired) electrons. The van der Waals surface area contributed by atoms with Crippen LogP contribution in [0.25, 0.3) is 10.4 Å². The van der Waals surface area contributed by atoms with Crippen LogP contribution in [0.15, 0.2) is 12.1 Å². The smallest absolute Gasteiger partial charge is 0.0351 e. The molecule has 0 nitrogen and oxygen atoms in total. The third kappa shape index (κ3) is 1.93. The van der Waals surface area contributed by atoms with Crippen LogP contribution in [0, 0.1) is 41.5 Å². The highest BCUT2D eigenvalue weighted by Crippen LogP contribution is 2.37. The standard InChI is InChI=1S/C16H20S/c1-9-7-8-15(17-9)16-13(5)11(3)10(2)12(4)14(16)6/h7-8H,1-6H3. The van der Waals surface area contributed by atoms with Crippen LogP contribution in [0.3, 0.4) is 0 Å². The zero-order valence-corrected chi connectivity index (χ0v) is 12.4. The highest BCUT2D eigenvalue weighted by Gasteiger charge is 2.14. The number of hydrogen-bond donors (Lipinski definition) is 0. The maximum atomic E-state index is 2.25. The average molecular weight is 244 g/mol. The maximum absolute atomic E-state index is 2.25. The summed E-state index contributed by atoms with van der Waals surface area (Å²) in [7, 11) is 0. The normalized spacial score (nSPS) is 10.9. The molecule has 0 bridgehead atoms. The number of benzene rings is 1. The fourth-order valence-electron chi connectivity index (χ4n) is 2.44. The quantitative estimate of drug-likeness (QED) is 0.641. The van der Waals surface area contributed by atoms with Gasteiger partial charge in [0.2, 0.25) is 0 Å². The molecule has 1 heteroatoms. The van der Waals surface area contributed by atoms with Gasteiger partial charge in [-0.15, -0.1) is 11.3 Å². The summed E-state index contributed by atoms with van der Waals surface area (Å²) in [5, 5.41) is 0. The Hall–Kier alpha value is -1.08. The molecule has 0 aliphatic heterocycles. The second-order valence-electron chi connectivity index (χ2n) is 4.91. The van der Waals surface area contributed by atoms with Gasteiger partial charge in [-0.2, -0.15) is 0 Å². The van der Waals surface area contributed by atoms with E-state index < -0.39 is 0 Å². The van der Waals surface area contributed by atoms with Crippen molar-refractivity contribution in [3.63, 3.8) is 0 Å². The Kier molecular flexibility index (Phi) is 3.13. The zero-order chi connectivity index (χ0) is 12.7. The molecule has 0 saturated heterocycles. The van der Waals surface area contributed by atoms with Gasteiger partial charge in [-0.05, 0) is 87.1 Å². The van der Waals surface area contributed by atoms with Gasteiger partial charge in [-0.3, -0.25) is 0 Å². The van der Waals surface area contributed by atoms with E-state index in [1.807, 2.05) is 11.3 Å². The number of thiophene rings is 1. The Morgan fingerprint density at radius 3 is 1.53 bits per heavy atom. The summed E-state index contributed by atoms with van der Waals surface area (Å²) in [6.07, 6.45) is 0. The molecular formula is C16H20S. The van der Waals surface area contributed by atoms with Crippen molar-refractivity contribution in [3.05, 3.63) is 44.8 Å². The largest absolute Gasteiger partial charge is 0.141 e. The molecule has 0 saturated carbocycles. The topological polar surface area (TPSA) is 0 Å². The molecule has 90 valence electrons. The van der Waals surface area contributed by atoms with E-state index in [2.05, 4.69) is 53.7 Å². The van der Waals surface area contributed by atoms with E-state index >= 15 is 0 Å². The summed E-state index contributed by atoms with van der Waals surface area (Å²) in [6, 6.07) is 4.47. The summed E-state index contributed by atoms with van der Waals surface area (Å²) in [5.74, 6) is 0. The van der Waals surface area contributed by atoms with Crippen LogP contribution in [0.2, 0.25) is 0 Å². The molecule has 0 N–H and O–H groups in total.